The molecule has 0 aromatic rings. The summed E-state index contributed by atoms with van der Waals surface area (Å²) in [7, 11) is 0. The number of esters is 1. The number of rotatable bonds is 7. The second-order valence-electron chi connectivity index (χ2n) is 5.36. The van der Waals surface area contributed by atoms with Crippen LogP contribution in [0.3, 0.4) is 0 Å². The van der Waals surface area contributed by atoms with Crippen molar-refractivity contribution in [2.24, 2.45) is 5.41 Å². The zero-order chi connectivity index (χ0) is 14.4. The maximum Gasteiger partial charge on any atom is 0.315 e. The Morgan fingerprint density at radius 2 is 2.00 bits per heavy atom. The van der Waals surface area contributed by atoms with Crippen molar-refractivity contribution in [2.45, 2.75) is 57.5 Å². The molecule has 0 saturated heterocycles. The Kier molecular flexibility index (Phi) is 5.80. The lowest BCUT2D eigenvalue weighted by atomic mass is 9.59. The average molecular weight is 266 g/mol. The fraction of sp³-hybridized carbons (Fsp3) is 0.688. The van der Waals surface area contributed by atoms with E-state index in [1.165, 1.54) is 0 Å². The van der Waals surface area contributed by atoms with Crippen LogP contribution in [0.15, 0.2) is 25.3 Å². The minimum atomic E-state index is -1.03. The molecule has 0 bridgehead atoms. The molecule has 108 valence electrons. The van der Waals surface area contributed by atoms with Gasteiger partial charge in [0.05, 0.1) is 17.6 Å². The lowest BCUT2D eigenvalue weighted by Gasteiger charge is -2.48. The van der Waals surface area contributed by atoms with Gasteiger partial charge < -0.3 is 9.84 Å². The first-order valence-corrected chi connectivity index (χ1v) is 7.17. The van der Waals surface area contributed by atoms with E-state index in [4.69, 9.17) is 4.74 Å². The van der Waals surface area contributed by atoms with Crippen molar-refractivity contribution in [3.05, 3.63) is 25.3 Å². The lowest BCUT2D eigenvalue weighted by Crippen LogP contribution is -2.55. The standard InChI is InChI=1S/C16H26O3/c1-4-7-11-15(14(17)19-6-3)12-8-9-13-16(15,18)10-5-2/h4-5,18H,1-2,6-13H2,3H3/t15-,16+/m0/s1. The summed E-state index contributed by atoms with van der Waals surface area (Å²) in [5.41, 5.74) is -1.83. The number of aliphatic hydroxyl groups is 1. The number of hydrogen-bond donors (Lipinski definition) is 1. The van der Waals surface area contributed by atoms with Crippen LogP contribution in [-0.2, 0) is 9.53 Å². The minimum absolute atomic E-state index is 0.263. The molecule has 1 aliphatic rings. The van der Waals surface area contributed by atoms with Crippen molar-refractivity contribution in [3.8, 4) is 0 Å². The third-order valence-corrected chi connectivity index (χ3v) is 4.26. The molecule has 0 radical (unpaired) electrons. The van der Waals surface area contributed by atoms with Gasteiger partial charge in [-0.2, -0.15) is 0 Å². The van der Waals surface area contributed by atoms with Gasteiger partial charge in [-0.3, -0.25) is 4.79 Å². The largest absolute Gasteiger partial charge is 0.465 e. The fourth-order valence-electron chi connectivity index (χ4n) is 3.22. The number of ether oxygens (including phenoxy) is 1. The molecule has 3 nitrogen and oxygen atoms in total. The van der Waals surface area contributed by atoms with Gasteiger partial charge in [-0.15, -0.1) is 13.2 Å². The lowest BCUT2D eigenvalue weighted by molar-refractivity contribution is -0.184. The summed E-state index contributed by atoms with van der Waals surface area (Å²) in [5.74, 6) is -0.263. The quantitative estimate of drug-likeness (QED) is 0.567. The predicted octanol–water partition coefficient (Wildman–Crippen LogP) is 3.38. The first kappa shape index (κ1) is 16.0. The zero-order valence-corrected chi connectivity index (χ0v) is 12.0. The monoisotopic (exact) mass is 266 g/mol. The first-order chi connectivity index (χ1) is 9.06. The molecule has 0 unspecified atom stereocenters. The summed E-state index contributed by atoms with van der Waals surface area (Å²) in [4.78, 5) is 12.5. The van der Waals surface area contributed by atoms with E-state index in [-0.39, 0.29) is 5.97 Å². The van der Waals surface area contributed by atoms with Crippen LogP contribution in [0, 0.1) is 5.41 Å². The molecule has 3 heteroatoms. The van der Waals surface area contributed by atoms with E-state index >= 15 is 0 Å². The maximum atomic E-state index is 12.5. The highest BCUT2D eigenvalue weighted by molar-refractivity contribution is 5.78. The van der Waals surface area contributed by atoms with Crippen LogP contribution in [0.2, 0.25) is 0 Å². The molecule has 1 aliphatic carbocycles. The molecule has 0 aromatic carbocycles. The fourth-order valence-corrected chi connectivity index (χ4v) is 3.22. The summed E-state index contributed by atoms with van der Waals surface area (Å²) in [6, 6.07) is 0. The van der Waals surface area contributed by atoms with Crippen molar-refractivity contribution in [3.63, 3.8) is 0 Å². The Balaban J connectivity index is 3.11. The van der Waals surface area contributed by atoms with Crippen molar-refractivity contribution >= 4 is 5.97 Å². The molecule has 19 heavy (non-hydrogen) atoms. The van der Waals surface area contributed by atoms with E-state index in [1.54, 1.807) is 19.1 Å². The Bertz CT molecular complexity index is 337. The third-order valence-electron chi connectivity index (χ3n) is 4.26. The van der Waals surface area contributed by atoms with Gasteiger partial charge in [0.25, 0.3) is 0 Å². The van der Waals surface area contributed by atoms with Crippen molar-refractivity contribution in [1.82, 2.24) is 0 Å². The van der Waals surface area contributed by atoms with Crippen LogP contribution in [0.1, 0.15) is 51.9 Å². The van der Waals surface area contributed by atoms with E-state index in [0.717, 1.165) is 12.8 Å². The summed E-state index contributed by atoms with van der Waals surface area (Å²) < 4.78 is 5.26. The number of carbonyl (C=O) groups excluding carboxylic acids is 1. The molecule has 1 saturated carbocycles. The molecule has 0 spiro atoms. The molecule has 1 N–H and O–H groups in total. The van der Waals surface area contributed by atoms with E-state index < -0.39 is 11.0 Å². The van der Waals surface area contributed by atoms with Crippen molar-refractivity contribution in [1.29, 1.82) is 0 Å². The van der Waals surface area contributed by atoms with E-state index in [2.05, 4.69) is 13.2 Å². The van der Waals surface area contributed by atoms with Crippen LogP contribution in [0.25, 0.3) is 0 Å². The van der Waals surface area contributed by atoms with E-state index in [0.29, 0.717) is 38.7 Å². The Morgan fingerprint density at radius 3 is 2.58 bits per heavy atom. The summed E-state index contributed by atoms with van der Waals surface area (Å²) in [5, 5.41) is 11.0. The number of hydrogen-bond acceptors (Lipinski definition) is 3. The summed E-state index contributed by atoms with van der Waals surface area (Å²) >= 11 is 0. The Morgan fingerprint density at radius 1 is 1.32 bits per heavy atom. The SMILES string of the molecule is C=CCC[C@@]1(C(=O)OCC)CCCC[C@]1(O)CC=C. The molecule has 2 atom stereocenters. The minimum Gasteiger partial charge on any atom is -0.465 e. The highest BCUT2D eigenvalue weighted by Gasteiger charge is 2.56. The third kappa shape index (κ3) is 3.08. The number of allylic oxidation sites excluding steroid dienone is 1. The molecule has 0 aliphatic heterocycles. The normalized spacial score (nSPS) is 30.6. The van der Waals surface area contributed by atoms with Crippen molar-refractivity contribution < 1.29 is 14.6 Å². The van der Waals surface area contributed by atoms with Gasteiger partial charge in [-0.25, -0.2) is 0 Å². The second-order valence-corrected chi connectivity index (χ2v) is 5.36. The topological polar surface area (TPSA) is 46.5 Å². The maximum absolute atomic E-state index is 12.5. The van der Waals surface area contributed by atoms with Crippen molar-refractivity contribution in [2.75, 3.05) is 6.61 Å². The molecular formula is C16H26O3. The van der Waals surface area contributed by atoms with Gasteiger partial charge in [-0.1, -0.05) is 25.0 Å². The van der Waals surface area contributed by atoms with Gasteiger partial charge in [0.2, 0.25) is 0 Å². The highest BCUT2D eigenvalue weighted by atomic mass is 16.5. The second kappa shape index (κ2) is 6.90. The first-order valence-electron chi connectivity index (χ1n) is 7.17. The molecular weight excluding hydrogens is 240 g/mol. The molecule has 1 fully saturated rings. The molecule has 1 rings (SSSR count). The van der Waals surface area contributed by atoms with Gasteiger partial charge in [0.15, 0.2) is 0 Å². The van der Waals surface area contributed by atoms with Gasteiger partial charge in [0, 0.05) is 0 Å². The van der Waals surface area contributed by atoms with Gasteiger partial charge in [-0.05, 0) is 39.0 Å². The smallest absolute Gasteiger partial charge is 0.315 e. The van der Waals surface area contributed by atoms with Crippen LogP contribution < -0.4 is 0 Å². The van der Waals surface area contributed by atoms with Gasteiger partial charge in [0.1, 0.15) is 0 Å². The van der Waals surface area contributed by atoms with E-state index in [9.17, 15) is 9.90 Å². The van der Waals surface area contributed by atoms with Crippen LogP contribution in [0.5, 0.6) is 0 Å². The van der Waals surface area contributed by atoms with Gasteiger partial charge >= 0.3 is 5.97 Å². The summed E-state index contributed by atoms with van der Waals surface area (Å²) in [6.07, 6.45) is 8.45. The average Bonchev–Trinajstić information content (AvgIpc) is 2.38. The van der Waals surface area contributed by atoms with Crippen LogP contribution in [0.4, 0.5) is 0 Å². The Labute approximate surface area is 116 Å². The highest BCUT2D eigenvalue weighted by Crippen LogP contribution is 2.50. The van der Waals surface area contributed by atoms with E-state index in [1.807, 2.05) is 0 Å². The van der Waals surface area contributed by atoms with Crippen LogP contribution >= 0.6 is 0 Å². The molecule has 0 aromatic heterocycles. The summed E-state index contributed by atoms with van der Waals surface area (Å²) in [6.45, 7) is 9.59. The van der Waals surface area contributed by atoms with Crippen LogP contribution in [-0.4, -0.2) is 23.3 Å². The molecule has 0 heterocycles. The predicted molar refractivity (Wildman–Crippen MR) is 76.7 cm³/mol. The molecule has 0 amide bonds. The Hall–Kier alpha value is -1.09. The zero-order valence-electron chi connectivity index (χ0n) is 12.0. The number of carbonyl (C=O) groups is 1.